The third-order valence-electron chi connectivity index (χ3n) is 1.61. The smallest absolute Gasteiger partial charge is 0.320 e. The van der Waals surface area contributed by atoms with Crippen LogP contribution in [0.5, 0.6) is 0 Å². The Bertz CT molecular complexity index is 181. The van der Waals surface area contributed by atoms with E-state index in [1.807, 2.05) is 6.92 Å². The molecule has 0 aromatic carbocycles. The van der Waals surface area contributed by atoms with E-state index in [-0.39, 0.29) is 0 Å². The molecule has 0 fully saturated rings. The molecule has 78 valence electrons. The van der Waals surface area contributed by atoms with Crippen molar-refractivity contribution >= 4 is 17.0 Å². The van der Waals surface area contributed by atoms with E-state index < -0.39 is 22.3 Å². The Kier molecular flexibility index (Phi) is 6.80. The van der Waals surface area contributed by atoms with Gasteiger partial charge >= 0.3 is 5.97 Å². The fourth-order valence-corrected chi connectivity index (χ4v) is 0.946. The molecule has 2 unspecified atom stereocenters. The number of esters is 1. The van der Waals surface area contributed by atoms with Gasteiger partial charge in [-0.3, -0.25) is 9.00 Å². The molecule has 0 spiro atoms. The highest BCUT2D eigenvalue weighted by Gasteiger charge is 2.14. The van der Waals surface area contributed by atoms with Crippen LogP contribution in [0.15, 0.2) is 0 Å². The molecule has 0 bridgehead atoms. The molecule has 0 saturated heterocycles. The summed E-state index contributed by atoms with van der Waals surface area (Å²) in [6.07, 6.45) is 2.82. The van der Waals surface area contributed by atoms with Gasteiger partial charge in [0.15, 0.2) is 0 Å². The van der Waals surface area contributed by atoms with Gasteiger partial charge in [-0.1, -0.05) is 19.8 Å². The summed E-state index contributed by atoms with van der Waals surface area (Å²) in [6.45, 7) is 3.66. The van der Waals surface area contributed by atoms with Crippen molar-refractivity contribution in [3.05, 3.63) is 0 Å². The molecule has 0 aromatic heterocycles. The van der Waals surface area contributed by atoms with Crippen molar-refractivity contribution in [2.24, 2.45) is 0 Å². The second-order valence-electron chi connectivity index (χ2n) is 2.78. The largest absolute Gasteiger partial charge is 0.772 e. The predicted molar refractivity (Wildman–Crippen MR) is 48.9 cm³/mol. The zero-order valence-electron chi connectivity index (χ0n) is 7.95. The van der Waals surface area contributed by atoms with Crippen molar-refractivity contribution < 1.29 is 18.3 Å². The van der Waals surface area contributed by atoms with Crippen LogP contribution in [-0.2, 0) is 20.6 Å². The van der Waals surface area contributed by atoms with Crippen LogP contribution < -0.4 is 0 Å². The summed E-state index contributed by atoms with van der Waals surface area (Å²) in [4.78, 5) is 10.9. The van der Waals surface area contributed by atoms with Crippen LogP contribution in [-0.4, -0.2) is 26.6 Å². The van der Waals surface area contributed by atoms with Gasteiger partial charge in [0.05, 0.1) is 6.61 Å². The molecule has 0 N–H and O–H groups in total. The van der Waals surface area contributed by atoms with Gasteiger partial charge in [0.1, 0.15) is 5.25 Å². The maximum absolute atomic E-state index is 10.9. The third-order valence-corrected chi connectivity index (χ3v) is 2.38. The number of carbonyl (C=O) groups excluding carboxylic acids is 1. The minimum atomic E-state index is -2.37. The van der Waals surface area contributed by atoms with Crippen molar-refractivity contribution in [3.63, 3.8) is 0 Å². The quantitative estimate of drug-likeness (QED) is 0.370. The fraction of sp³-hybridized carbons (Fsp3) is 0.875. The molecular weight excluding hydrogens is 192 g/mol. The molecule has 0 saturated carbocycles. The van der Waals surface area contributed by atoms with E-state index in [4.69, 9.17) is 4.74 Å². The molecule has 0 radical (unpaired) electrons. The zero-order chi connectivity index (χ0) is 10.3. The fourth-order valence-electron chi connectivity index (χ4n) is 0.721. The highest BCUT2D eigenvalue weighted by molar-refractivity contribution is 7.80. The normalized spacial score (nSPS) is 15.0. The number of rotatable bonds is 6. The van der Waals surface area contributed by atoms with Crippen LogP contribution >= 0.6 is 0 Å². The van der Waals surface area contributed by atoms with Gasteiger partial charge in [-0.2, -0.15) is 0 Å². The lowest BCUT2D eigenvalue weighted by Crippen LogP contribution is -2.24. The molecule has 0 aliphatic carbocycles. The van der Waals surface area contributed by atoms with E-state index in [2.05, 4.69) is 0 Å². The molecule has 0 rings (SSSR count). The van der Waals surface area contributed by atoms with Crippen LogP contribution in [0.3, 0.4) is 0 Å². The monoisotopic (exact) mass is 207 g/mol. The first-order valence-electron chi connectivity index (χ1n) is 4.34. The van der Waals surface area contributed by atoms with Gasteiger partial charge in [-0.25, -0.2) is 0 Å². The Morgan fingerprint density at radius 1 is 1.54 bits per heavy atom. The summed E-state index contributed by atoms with van der Waals surface area (Å²) in [6, 6.07) is 0. The van der Waals surface area contributed by atoms with Gasteiger partial charge in [0.25, 0.3) is 0 Å². The second-order valence-corrected chi connectivity index (χ2v) is 4.01. The average Bonchev–Trinajstić information content (AvgIpc) is 2.10. The number of unbranched alkanes of at least 4 members (excludes halogenated alkanes) is 2. The molecule has 0 heterocycles. The second kappa shape index (κ2) is 7.03. The zero-order valence-corrected chi connectivity index (χ0v) is 8.76. The maximum Gasteiger partial charge on any atom is 0.320 e. The molecule has 0 amide bonds. The highest BCUT2D eigenvalue weighted by Crippen LogP contribution is 1.99. The minimum Gasteiger partial charge on any atom is -0.772 e. The summed E-state index contributed by atoms with van der Waals surface area (Å²) in [5, 5.41) is -1.05. The number of carbonyl (C=O) groups is 1. The number of ether oxygens (including phenoxy) is 1. The Morgan fingerprint density at radius 3 is 2.62 bits per heavy atom. The standard InChI is InChI=1S/C8H16O4S/c1-3-4-5-6-12-8(9)7(2)13(10)11/h7H,3-6H2,1-2H3,(H,10,11)/p-1. The molecule has 13 heavy (non-hydrogen) atoms. The molecule has 5 heteroatoms. The Labute approximate surface area is 80.9 Å². The topological polar surface area (TPSA) is 66.4 Å². The molecular formula is C8H15O4S-. The molecule has 0 aliphatic rings. The average molecular weight is 207 g/mol. The van der Waals surface area contributed by atoms with Crippen LogP contribution in [0.1, 0.15) is 33.1 Å². The van der Waals surface area contributed by atoms with E-state index in [1.54, 1.807) is 0 Å². The van der Waals surface area contributed by atoms with Crippen LogP contribution in [0.4, 0.5) is 0 Å². The van der Waals surface area contributed by atoms with Crippen LogP contribution in [0, 0.1) is 0 Å². The van der Waals surface area contributed by atoms with Gasteiger partial charge < -0.3 is 9.29 Å². The van der Waals surface area contributed by atoms with Crippen LogP contribution in [0.2, 0.25) is 0 Å². The third kappa shape index (κ3) is 5.76. The van der Waals surface area contributed by atoms with E-state index in [0.29, 0.717) is 6.61 Å². The summed E-state index contributed by atoms with van der Waals surface area (Å²) in [5.74, 6) is -0.663. The van der Waals surface area contributed by atoms with Crippen LogP contribution in [0.25, 0.3) is 0 Å². The first kappa shape index (κ1) is 12.6. The molecule has 2 atom stereocenters. The van der Waals surface area contributed by atoms with Crippen molar-refractivity contribution in [1.82, 2.24) is 0 Å². The first-order valence-corrected chi connectivity index (χ1v) is 5.48. The lowest BCUT2D eigenvalue weighted by molar-refractivity contribution is -0.142. The number of hydrogen-bond acceptors (Lipinski definition) is 4. The van der Waals surface area contributed by atoms with E-state index in [9.17, 15) is 13.6 Å². The minimum absolute atomic E-state index is 0.314. The number of hydrogen-bond donors (Lipinski definition) is 0. The van der Waals surface area contributed by atoms with Crippen molar-refractivity contribution in [2.45, 2.75) is 38.4 Å². The van der Waals surface area contributed by atoms with Gasteiger partial charge in [0.2, 0.25) is 0 Å². The van der Waals surface area contributed by atoms with Gasteiger partial charge in [0, 0.05) is 0 Å². The molecule has 4 nitrogen and oxygen atoms in total. The summed E-state index contributed by atoms with van der Waals surface area (Å²) >= 11 is -2.37. The van der Waals surface area contributed by atoms with E-state index >= 15 is 0 Å². The summed E-state index contributed by atoms with van der Waals surface area (Å²) in [5.41, 5.74) is 0. The SMILES string of the molecule is CCCCCOC(=O)C(C)S(=O)[O-]. The van der Waals surface area contributed by atoms with Crippen molar-refractivity contribution in [1.29, 1.82) is 0 Å². The predicted octanol–water partition coefficient (Wildman–Crippen LogP) is 0.987. The molecule has 0 aromatic rings. The highest BCUT2D eigenvalue weighted by atomic mass is 32.2. The lowest BCUT2D eigenvalue weighted by atomic mass is 10.3. The Hall–Kier alpha value is -0.420. The van der Waals surface area contributed by atoms with Crippen molar-refractivity contribution in [3.8, 4) is 0 Å². The van der Waals surface area contributed by atoms with Gasteiger partial charge in [-0.15, -0.1) is 0 Å². The Balaban J connectivity index is 3.56. The van der Waals surface area contributed by atoms with E-state index in [1.165, 1.54) is 6.92 Å². The summed E-state index contributed by atoms with van der Waals surface area (Å²) in [7, 11) is 0. The van der Waals surface area contributed by atoms with Crippen molar-refractivity contribution in [2.75, 3.05) is 6.61 Å². The van der Waals surface area contributed by atoms with Gasteiger partial charge in [-0.05, 0) is 24.4 Å². The summed E-state index contributed by atoms with van der Waals surface area (Å²) < 4.78 is 25.4. The first-order chi connectivity index (χ1) is 6.09. The Morgan fingerprint density at radius 2 is 2.15 bits per heavy atom. The lowest BCUT2D eigenvalue weighted by Gasteiger charge is -2.13. The maximum atomic E-state index is 10.9. The molecule has 0 aliphatic heterocycles. The van der Waals surface area contributed by atoms with E-state index in [0.717, 1.165) is 19.3 Å².